The van der Waals surface area contributed by atoms with E-state index in [9.17, 15) is 4.79 Å². The van der Waals surface area contributed by atoms with Crippen LogP contribution in [0, 0.1) is 0 Å². The van der Waals surface area contributed by atoms with Gasteiger partial charge in [-0.25, -0.2) is 0 Å². The number of rotatable bonds is 37. The molecule has 0 aromatic rings. The predicted octanol–water partition coefficient (Wildman–Crippen LogP) is 1.50. The molecule has 0 saturated carbocycles. The molecular formula is C28H58O14Si. The molecule has 15 heteroatoms. The van der Waals surface area contributed by atoms with Crippen LogP contribution in [0.4, 0.5) is 0 Å². The lowest BCUT2D eigenvalue weighted by atomic mass is 10.5. The first-order valence-corrected chi connectivity index (χ1v) is 18.5. The van der Waals surface area contributed by atoms with E-state index >= 15 is 0 Å². The molecule has 0 bridgehead atoms. The third kappa shape index (κ3) is 41.2. The fraction of sp³-hybridized carbons (Fsp3) is 0.964. The zero-order valence-electron chi connectivity index (χ0n) is 26.7. The molecule has 0 aromatic heterocycles. The fourth-order valence-corrected chi connectivity index (χ4v) is 3.56. The maximum absolute atomic E-state index is 10.3. The van der Waals surface area contributed by atoms with Crippen LogP contribution in [-0.4, -0.2) is 171 Å². The maximum Gasteiger partial charge on any atom is 0.305 e. The predicted molar refractivity (Wildman–Crippen MR) is 161 cm³/mol. The Balaban J connectivity index is 3.06. The fourth-order valence-electron chi connectivity index (χ4n) is 2.87. The minimum atomic E-state index is -1.45. The first-order chi connectivity index (χ1) is 20.9. The molecule has 0 fully saturated rings. The van der Waals surface area contributed by atoms with Gasteiger partial charge in [-0.05, 0) is 19.6 Å². The Labute approximate surface area is 258 Å². The largest absolute Gasteiger partial charge is 0.481 e. The summed E-state index contributed by atoms with van der Waals surface area (Å²) in [6.45, 7) is 17.7. The summed E-state index contributed by atoms with van der Waals surface area (Å²) in [5, 5.41) is 8.48. The second-order valence-electron chi connectivity index (χ2n) is 9.84. The molecule has 0 radical (unpaired) electrons. The van der Waals surface area contributed by atoms with Crippen molar-refractivity contribution in [3.05, 3.63) is 0 Å². The van der Waals surface area contributed by atoms with Gasteiger partial charge in [0.1, 0.15) is 0 Å². The molecule has 0 unspecified atom stereocenters. The van der Waals surface area contributed by atoms with Gasteiger partial charge in [0.15, 0.2) is 8.32 Å². The lowest BCUT2D eigenvalue weighted by molar-refractivity contribution is -0.138. The minimum Gasteiger partial charge on any atom is -0.481 e. The topological polar surface area (TPSA) is 148 Å². The number of hydrogen-bond donors (Lipinski definition) is 1. The highest BCUT2D eigenvalue weighted by atomic mass is 28.4. The zero-order chi connectivity index (χ0) is 31.5. The van der Waals surface area contributed by atoms with Crippen molar-refractivity contribution in [3.8, 4) is 0 Å². The average Bonchev–Trinajstić information content (AvgIpc) is 2.96. The van der Waals surface area contributed by atoms with Crippen molar-refractivity contribution in [1.29, 1.82) is 0 Å². The second kappa shape index (κ2) is 34.1. The van der Waals surface area contributed by atoms with Gasteiger partial charge in [-0.3, -0.25) is 4.79 Å². The number of aliphatic carboxylic acids is 1. The summed E-state index contributed by atoms with van der Waals surface area (Å²) in [5.41, 5.74) is 0. The SMILES string of the molecule is C[Si](C)(C)OCCOCCOCCOCCOCCOCCOCCOCCOCCOCCOCCOCCC(=O)O. The first-order valence-electron chi connectivity index (χ1n) is 15.1. The van der Waals surface area contributed by atoms with Crippen LogP contribution in [0.2, 0.25) is 19.6 Å². The number of carboxylic acid groups (broad SMARTS) is 1. The van der Waals surface area contributed by atoms with Gasteiger partial charge in [-0.1, -0.05) is 0 Å². The average molecular weight is 647 g/mol. The van der Waals surface area contributed by atoms with Gasteiger partial charge in [0.25, 0.3) is 0 Å². The van der Waals surface area contributed by atoms with Crippen LogP contribution in [0.5, 0.6) is 0 Å². The Bertz CT molecular complexity index is 568. The number of hydrogen-bond acceptors (Lipinski definition) is 13. The van der Waals surface area contributed by atoms with Crippen molar-refractivity contribution in [1.82, 2.24) is 0 Å². The van der Waals surface area contributed by atoms with E-state index in [1.807, 2.05) is 0 Å². The molecule has 0 aromatic carbocycles. The van der Waals surface area contributed by atoms with Gasteiger partial charge in [-0.2, -0.15) is 0 Å². The van der Waals surface area contributed by atoms with E-state index in [0.717, 1.165) is 0 Å². The lowest BCUT2D eigenvalue weighted by Gasteiger charge is -2.16. The van der Waals surface area contributed by atoms with E-state index in [-0.39, 0.29) is 13.0 Å². The molecule has 0 atom stereocenters. The quantitative estimate of drug-likeness (QED) is 0.0768. The van der Waals surface area contributed by atoms with E-state index in [4.69, 9.17) is 61.6 Å². The summed E-state index contributed by atoms with van der Waals surface area (Å²) < 4.78 is 65.2. The molecule has 258 valence electrons. The summed E-state index contributed by atoms with van der Waals surface area (Å²) >= 11 is 0. The Kier molecular flexibility index (Phi) is 33.5. The van der Waals surface area contributed by atoms with Crippen molar-refractivity contribution < 1.29 is 66.4 Å². The van der Waals surface area contributed by atoms with Gasteiger partial charge < -0.3 is 61.6 Å². The summed E-state index contributed by atoms with van der Waals surface area (Å²) in [6, 6.07) is 0. The molecule has 0 heterocycles. The van der Waals surface area contributed by atoms with E-state index < -0.39 is 14.3 Å². The van der Waals surface area contributed by atoms with Crippen LogP contribution < -0.4 is 0 Å². The lowest BCUT2D eigenvalue weighted by Crippen LogP contribution is -2.27. The molecule has 0 amide bonds. The Morgan fingerprint density at radius 1 is 0.372 bits per heavy atom. The van der Waals surface area contributed by atoms with E-state index in [0.29, 0.717) is 145 Å². The van der Waals surface area contributed by atoms with Gasteiger partial charge in [0.05, 0.1) is 158 Å². The maximum atomic E-state index is 10.3. The van der Waals surface area contributed by atoms with Crippen molar-refractivity contribution in [2.75, 3.05) is 152 Å². The van der Waals surface area contributed by atoms with Gasteiger partial charge in [0.2, 0.25) is 0 Å². The summed E-state index contributed by atoms with van der Waals surface area (Å²) in [5.74, 6) is -0.873. The van der Waals surface area contributed by atoms with E-state index in [2.05, 4.69) is 19.6 Å². The monoisotopic (exact) mass is 646 g/mol. The molecular weight excluding hydrogens is 588 g/mol. The second-order valence-corrected chi connectivity index (χ2v) is 14.4. The number of ether oxygens (including phenoxy) is 11. The minimum absolute atomic E-state index is 0.00100. The van der Waals surface area contributed by atoms with E-state index in [1.165, 1.54) is 0 Å². The van der Waals surface area contributed by atoms with Gasteiger partial charge >= 0.3 is 5.97 Å². The highest BCUT2D eigenvalue weighted by molar-refractivity contribution is 6.69. The summed E-state index contributed by atoms with van der Waals surface area (Å²) in [4.78, 5) is 10.3. The standard InChI is InChI=1S/C28H58O14Si/c1-43(2,3)42-27-26-41-25-24-40-23-22-39-21-20-38-19-18-37-17-16-36-15-14-35-13-12-34-11-10-33-9-8-32-7-6-31-5-4-28(29)30/h4-27H2,1-3H3,(H,29,30). The molecule has 43 heavy (non-hydrogen) atoms. The molecule has 0 aliphatic heterocycles. The normalized spacial score (nSPS) is 11.9. The van der Waals surface area contributed by atoms with Crippen molar-refractivity contribution in [3.63, 3.8) is 0 Å². The summed E-state index contributed by atoms with van der Waals surface area (Å²) in [6.07, 6.45) is -0.00100. The highest BCUT2D eigenvalue weighted by Gasteiger charge is 2.13. The van der Waals surface area contributed by atoms with Crippen LogP contribution >= 0.6 is 0 Å². The molecule has 1 N–H and O–H groups in total. The molecule has 0 spiro atoms. The molecule has 0 saturated heterocycles. The molecule has 14 nitrogen and oxygen atoms in total. The first kappa shape index (κ1) is 42.2. The number of carbonyl (C=O) groups is 1. The van der Waals surface area contributed by atoms with Crippen LogP contribution in [0.15, 0.2) is 0 Å². The van der Waals surface area contributed by atoms with Gasteiger partial charge in [0, 0.05) is 0 Å². The highest BCUT2D eigenvalue weighted by Crippen LogP contribution is 2.01. The molecule has 0 aliphatic carbocycles. The Hall–Kier alpha value is -0.793. The number of carboxylic acids is 1. The van der Waals surface area contributed by atoms with Crippen molar-refractivity contribution >= 4 is 14.3 Å². The Morgan fingerprint density at radius 3 is 0.744 bits per heavy atom. The van der Waals surface area contributed by atoms with Crippen molar-refractivity contribution in [2.24, 2.45) is 0 Å². The van der Waals surface area contributed by atoms with Crippen molar-refractivity contribution in [2.45, 2.75) is 26.1 Å². The van der Waals surface area contributed by atoms with Crippen LogP contribution in [0.1, 0.15) is 6.42 Å². The smallest absolute Gasteiger partial charge is 0.305 e. The zero-order valence-corrected chi connectivity index (χ0v) is 27.7. The van der Waals surface area contributed by atoms with Crippen LogP contribution in [-0.2, 0) is 61.3 Å². The third-order valence-electron chi connectivity index (χ3n) is 4.94. The third-order valence-corrected chi connectivity index (χ3v) is 6.01. The molecule has 0 aliphatic rings. The van der Waals surface area contributed by atoms with E-state index in [1.54, 1.807) is 0 Å². The molecule has 0 rings (SSSR count). The summed E-state index contributed by atoms with van der Waals surface area (Å²) in [7, 11) is -1.45. The van der Waals surface area contributed by atoms with Gasteiger partial charge in [-0.15, -0.1) is 0 Å². The van der Waals surface area contributed by atoms with Crippen LogP contribution in [0.3, 0.4) is 0 Å². The van der Waals surface area contributed by atoms with Crippen LogP contribution in [0.25, 0.3) is 0 Å². The Morgan fingerprint density at radius 2 is 0.558 bits per heavy atom.